The van der Waals surface area contributed by atoms with Gasteiger partial charge in [-0.2, -0.15) is 5.10 Å². The Labute approximate surface area is 115 Å². The van der Waals surface area contributed by atoms with E-state index in [1.807, 2.05) is 0 Å². The average molecular weight is 381 g/mol. The lowest BCUT2D eigenvalue weighted by molar-refractivity contribution is 0.600. The van der Waals surface area contributed by atoms with Gasteiger partial charge >= 0.3 is 0 Å². The molecule has 5 nitrogen and oxygen atoms in total. The first-order valence-electron chi connectivity index (χ1n) is 4.47. The maximum atomic E-state index is 12.1. The minimum Gasteiger partial charge on any atom is -0.263 e. The van der Waals surface area contributed by atoms with Crippen molar-refractivity contribution in [2.75, 3.05) is 4.72 Å². The summed E-state index contributed by atoms with van der Waals surface area (Å²) in [6.45, 7) is 0. The van der Waals surface area contributed by atoms with E-state index in [-0.39, 0.29) is 4.90 Å². The number of hydrogen-bond acceptors (Lipinski definition) is 3. The summed E-state index contributed by atoms with van der Waals surface area (Å²) in [5, 5.41) is 6.26. The number of halogens is 2. The molecule has 1 aromatic heterocycles. The van der Waals surface area contributed by atoms with Crippen LogP contribution in [0.3, 0.4) is 0 Å². The highest BCUT2D eigenvalue weighted by Crippen LogP contribution is 2.25. The summed E-state index contributed by atoms with van der Waals surface area (Å²) >= 11 is 6.38. The van der Waals surface area contributed by atoms with Crippen LogP contribution in [0.5, 0.6) is 0 Å². The van der Waals surface area contributed by atoms with Crippen LogP contribution in [0, 0.1) is 0 Å². The van der Waals surface area contributed by atoms with Gasteiger partial charge in [0.05, 0.1) is 10.7 Å². The van der Waals surface area contributed by atoms with Gasteiger partial charge in [-0.3, -0.25) is 9.82 Å². The molecule has 2 rings (SSSR count). The second-order valence-corrected chi connectivity index (χ2v) is 6.49. The van der Waals surface area contributed by atoms with Gasteiger partial charge in [0.25, 0.3) is 10.0 Å². The van der Waals surface area contributed by atoms with Crippen molar-refractivity contribution in [3.05, 3.63) is 39.4 Å². The van der Waals surface area contributed by atoms with Gasteiger partial charge in [0.15, 0.2) is 0 Å². The molecule has 2 N–H and O–H groups in total. The zero-order valence-corrected chi connectivity index (χ0v) is 12.3. The number of H-pyrrole nitrogens is 1. The van der Waals surface area contributed by atoms with Gasteiger partial charge in [0.1, 0.15) is 10.7 Å². The molecule has 0 unspecified atom stereocenters. The molecule has 0 radical (unpaired) electrons. The van der Waals surface area contributed by atoms with E-state index in [4.69, 9.17) is 0 Å². The van der Waals surface area contributed by atoms with Crippen LogP contribution < -0.4 is 4.72 Å². The molecular formula is C9H7Br2N3O2S. The summed E-state index contributed by atoms with van der Waals surface area (Å²) in [7, 11) is -3.63. The second kappa shape index (κ2) is 4.79. The van der Waals surface area contributed by atoms with Crippen molar-refractivity contribution < 1.29 is 8.42 Å². The average Bonchev–Trinajstić information content (AvgIpc) is 2.64. The summed E-state index contributed by atoms with van der Waals surface area (Å²) < 4.78 is 27.6. The van der Waals surface area contributed by atoms with Crippen molar-refractivity contribution in [1.82, 2.24) is 10.2 Å². The predicted octanol–water partition coefficient (Wildman–Crippen LogP) is 2.74. The van der Waals surface area contributed by atoms with Gasteiger partial charge in [-0.1, -0.05) is 12.1 Å². The maximum absolute atomic E-state index is 12.1. The number of benzene rings is 1. The lowest BCUT2D eigenvalue weighted by Crippen LogP contribution is -2.14. The highest BCUT2D eigenvalue weighted by Gasteiger charge is 2.18. The smallest absolute Gasteiger partial charge is 0.263 e. The van der Waals surface area contributed by atoms with Crippen LogP contribution in [-0.4, -0.2) is 18.6 Å². The predicted molar refractivity (Wildman–Crippen MR) is 71.2 cm³/mol. The molecule has 0 amide bonds. The van der Waals surface area contributed by atoms with Gasteiger partial charge < -0.3 is 0 Å². The first-order valence-corrected chi connectivity index (χ1v) is 7.54. The van der Waals surface area contributed by atoms with Crippen LogP contribution >= 0.6 is 31.9 Å². The molecule has 0 fully saturated rings. The van der Waals surface area contributed by atoms with E-state index in [1.54, 1.807) is 18.2 Å². The Morgan fingerprint density at radius 3 is 2.47 bits per heavy atom. The summed E-state index contributed by atoms with van der Waals surface area (Å²) in [4.78, 5) is 0.168. The number of hydrogen-bond donors (Lipinski definition) is 2. The third kappa shape index (κ3) is 2.70. The van der Waals surface area contributed by atoms with E-state index in [2.05, 4.69) is 46.8 Å². The first kappa shape index (κ1) is 12.6. The number of aromatic amines is 1. The minimum absolute atomic E-state index is 0.168. The first-order chi connectivity index (χ1) is 8.00. The second-order valence-electron chi connectivity index (χ2n) is 3.13. The number of nitrogens with one attached hydrogen (secondary N) is 2. The molecule has 0 aliphatic rings. The standard InChI is InChI=1S/C9H7Br2N3O2S/c10-6-3-1-2-4-8(6)17(15,16)14-9-7(11)5-12-13-9/h1-5H,(H2,12,13,14). The Bertz CT molecular complexity index is 639. The van der Waals surface area contributed by atoms with E-state index in [9.17, 15) is 8.42 Å². The van der Waals surface area contributed by atoms with Crippen molar-refractivity contribution in [3.8, 4) is 0 Å². The van der Waals surface area contributed by atoms with Crippen LogP contribution in [-0.2, 0) is 10.0 Å². The Morgan fingerprint density at radius 1 is 1.18 bits per heavy atom. The summed E-state index contributed by atoms with van der Waals surface area (Å²) in [5.41, 5.74) is 0. The fraction of sp³-hybridized carbons (Fsp3) is 0. The minimum atomic E-state index is -3.63. The fourth-order valence-corrected chi connectivity index (χ4v) is 3.66. The molecule has 17 heavy (non-hydrogen) atoms. The number of anilines is 1. The van der Waals surface area contributed by atoms with Crippen LogP contribution in [0.1, 0.15) is 0 Å². The molecule has 0 spiro atoms. The highest BCUT2D eigenvalue weighted by molar-refractivity contribution is 9.11. The Hall–Kier alpha value is -0.860. The van der Waals surface area contributed by atoms with E-state index in [1.165, 1.54) is 12.3 Å². The largest absolute Gasteiger partial charge is 0.264 e. The van der Waals surface area contributed by atoms with Crippen molar-refractivity contribution in [3.63, 3.8) is 0 Å². The van der Waals surface area contributed by atoms with Crippen molar-refractivity contribution in [1.29, 1.82) is 0 Å². The van der Waals surface area contributed by atoms with Gasteiger partial charge in [-0.05, 0) is 44.0 Å². The third-order valence-corrected chi connectivity index (χ3v) is 4.92. The lowest BCUT2D eigenvalue weighted by Gasteiger charge is -2.07. The van der Waals surface area contributed by atoms with Crippen LogP contribution in [0.4, 0.5) is 5.82 Å². The number of sulfonamides is 1. The van der Waals surface area contributed by atoms with E-state index in [0.29, 0.717) is 14.8 Å². The molecule has 0 saturated heterocycles. The SMILES string of the molecule is O=S(=O)(Nc1[nH]ncc1Br)c1ccccc1Br. The van der Waals surface area contributed by atoms with Gasteiger partial charge in [0.2, 0.25) is 0 Å². The van der Waals surface area contributed by atoms with E-state index < -0.39 is 10.0 Å². The molecular weight excluding hydrogens is 374 g/mol. The quantitative estimate of drug-likeness (QED) is 0.859. The normalized spacial score (nSPS) is 11.4. The lowest BCUT2D eigenvalue weighted by atomic mass is 10.4. The molecule has 0 aliphatic heterocycles. The topological polar surface area (TPSA) is 74.8 Å². The maximum Gasteiger partial charge on any atom is 0.264 e. The monoisotopic (exact) mass is 379 g/mol. The molecule has 1 aromatic carbocycles. The zero-order chi connectivity index (χ0) is 12.5. The summed E-state index contributed by atoms with van der Waals surface area (Å²) in [5.74, 6) is 0.292. The Morgan fingerprint density at radius 2 is 1.88 bits per heavy atom. The molecule has 0 saturated carbocycles. The van der Waals surface area contributed by atoms with E-state index in [0.717, 1.165) is 0 Å². The third-order valence-electron chi connectivity index (χ3n) is 1.96. The molecule has 0 atom stereocenters. The number of nitrogens with zero attached hydrogens (tertiary/aromatic N) is 1. The molecule has 2 aromatic rings. The van der Waals surface area contributed by atoms with Gasteiger partial charge in [-0.25, -0.2) is 8.42 Å². The van der Waals surface area contributed by atoms with Gasteiger partial charge in [0, 0.05) is 4.47 Å². The van der Waals surface area contributed by atoms with Crippen molar-refractivity contribution in [2.24, 2.45) is 0 Å². The molecule has 1 heterocycles. The summed E-state index contributed by atoms with van der Waals surface area (Å²) in [6, 6.07) is 6.57. The van der Waals surface area contributed by atoms with E-state index >= 15 is 0 Å². The molecule has 90 valence electrons. The van der Waals surface area contributed by atoms with Crippen LogP contribution in [0.15, 0.2) is 44.3 Å². The number of aromatic nitrogens is 2. The molecule has 0 aliphatic carbocycles. The summed E-state index contributed by atoms with van der Waals surface area (Å²) in [6.07, 6.45) is 1.47. The fourth-order valence-electron chi connectivity index (χ4n) is 1.20. The van der Waals surface area contributed by atoms with Crippen LogP contribution in [0.25, 0.3) is 0 Å². The van der Waals surface area contributed by atoms with Crippen LogP contribution in [0.2, 0.25) is 0 Å². The Balaban J connectivity index is 2.39. The molecule has 8 heteroatoms. The van der Waals surface area contributed by atoms with Gasteiger partial charge in [-0.15, -0.1) is 0 Å². The Kier molecular flexibility index (Phi) is 3.55. The highest BCUT2D eigenvalue weighted by atomic mass is 79.9. The van der Waals surface area contributed by atoms with Crippen molar-refractivity contribution >= 4 is 47.7 Å². The number of rotatable bonds is 3. The zero-order valence-electron chi connectivity index (χ0n) is 8.31. The molecule has 0 bridgehead atoms. The van der Waals surface area contributed by atoms with Crippen molar-refractivity contribution in [2.45, 2.75) is 4.90 Å².